The molecule has 0 saturated heterocycles. The summed E-state index contributed by atoms with van der Waals surface area (Å²) >= 11 is 1.83. The average Bonchev–Trinajstić information content (AvgIpc) is 2.62. The number of anilines is 1. The van der Waals surface area contributed by atoms with Gasteiger partial charge in [-0.3, -0.25) is 0 Å². The third kappa shape index (κ3) is 2.67. The normalized spacial score (nSPS) is 12.4. The maximum absolute atomic E-state index is 9.41. The first-order valence-electron chi connectivity index (χ1n) is 6.10. The lowest BCUT2D eigenvalue weighted by Crippen LogP contribution is -2.07. The monoisotopic (exact) mass is 261 g/mol. The van der Waals surface area contributed by atoms with Crippen molar-refractivity contribution in [3.63, 3.8) is 0 Å². The SMILES string of the molecule is Cc1cc(C(C)Nc2ccc(O)cc2C)c(C)s1. The zero-order valence-corrected chi connectivity index (χ0v) is 12.1. The van der Waals surface area contributed by atoms with E-state index in [0.29, 0.717) is 5.75 Å². The van der Waals surface area contributed by atoms with E-state index in [1.54, 1.807) is 12.1 Å². The van der Waals surface area contributed by atoms with Crippen LogP contribution < -0.4 is 5.32 Å². The number of aryl methyl sites for hydroxylation is 3. The number of hydrogen-bond donors (Lipinski definition) is 2. The number of hydrogen-bond acceptors (Lipinski definition) is 3. The van der Waals surface area contributed by atoms with Crippen LogP contribution in [0.15, 0.2) is 24.3 Å². The molecule has 0 radical (unpaired) electrons. The Morgan fingerprint density at radius 2 is 1.89 bits per heavy atom. The molecule has 2 N–H and O–H groups in total. The molecule has 1 atom stereocenters. The Kier molecular flexibility index (Phi) is 3.62. The summed E-state index contributed by atoms with van der Waals surface area (Å²) in [5, 5.41) is 12.9. The van der Waals surface area contributed by atoms with Gasteiger partial charge in [-0.05, 0) is 63.1 Å². The van der Waals surface area contributed by atoms with E-state index in [4.69, 9.17) is 0 Å². The average molecular weight is 261 g/mol. The van der Waals surface area contributed by atoms with Crippen LogP contribution >= 0.6 is 11.3 Å². The lowest BCUT2D eigenvalue weighted by Gasteiger charge is -2.17. The van der Waals surface area contributed by atoms with Crippen LogP contribution in [0.3, 0.4) is 0 Å². The van der Waals surface area contributed by atoms with Gasteiger partial charge < -0.3 is 10.4 Å². The second kappa shape index (κ2) is 5.02. The van der Waals surface area contributed by atoms with Gasteiger partial charge in [-0.15, -0.1) is 11.3 Å². The summed E-state index contributed by atoms with van der Waals surface area (Å²) in [5.41, 5.74) is 3.49. The molecule has 96 valence electrons. The van der Waals surface area contributed by atoms with Gasteiger partial charge in [0.2, 0.25) is 0 Å². The van der Waals surface area contributed by atoms with Gasteiger partial charge in [-0.1, -0.05) is 0 Å². The summed E-state index contributed by atoms with van der Waals surface area (Å²) in [6.07, 6.45) is 0. The van der Waals surface area contributed by atoms with Crippen molar-refractivity contribution in [2.45, 2.75) is 33.7 Å². The fourth-order valence-electron chi connectivity index (χ4n) is 2.20. The van der Waals surface area contributed by atoms with Gasteiger partial charge in [0, 0.05) is 21.5 Å². The van der Waals surface area contributed by atoms with E-state index in [-0.39, 0.29) is 6.04 Å². The lowest BCUT2D eigenvalue weighted by atomic mass is 10.1. The Labute approximate surface area is 112 Å². The molecule has 3 heteroatoms. The molecule has 1 aromatic heterocycles. The highest BCUT2D eigenvalue weighted by Crippen LogP contribution is 2.30. The Hall–Kier alpha value is -1.48. The van der Waals surface area contributed by atoms with Crippen LogP contribution in [0.2, 0.25) is 0 Å². The smallest absolute Gasteiger partial charge is 0.115 e. The van der Waals surface area contributed by atoms with E-state index in [0.717, 1.165) is 11.3 Å². The number of nitrogens with one attached hydrogen (secondary N) is 1. The van der Waals surface area contributed by atoms with Gasteiger partial charge in [0.1, 0.15) is 5.75 Å². The Morgan fingerprint density at radius 1 is 1.17 bits per heavy atom. The molecule has 0 aliphatic heterocycles. The van der Waals surface area contributed by atoms with Gasteiger partial charge >= 0.3 is 0 Å². The van der Waals surface area contributed by atoms with E-state index >= 15 is 0 Å². The Balaban J connectivity index is 2.21. The highest BCUT2D eigenvalue weighted by atomic mass is 32.1. The molecule has 0 spiro atoms. The zero-order valence-electron chi connectivity index (χ0n) is 11.2. The third-order valence-corrected chi connectivity index (χ3v) is 4.11. The quantitative estimate of drug-likeness (QED) is 0.794. The molecule has 1 heterocycles. The lowest BCUT2D eigenvalue weighted by molar-refractivity contribution is 0.475. The summed E-state index contributed by atoms with van der Waals surface area (Å²) in [4.78, 5) is 2.71. The topological polar surface area (TPSA) is 32.3 Å². The van der Waals surface area contributed by atoms with E-state index in [2.05, 4.69) is 32.2 Å². The van der Waals surface area contributed by atoms with E-state index < -0.39 is 0 Å². The molecule has 1 unspecified atom stereocenters. The Bertz CT molecular complexity index is 560. The highest BCUT2D eigenvalue weighted by molar-refractivity contribution is 7.12. The van der Waals surface area contributed by atoms with Crippen molar-refractivity contribution in [2.24, 2.45) is 0 Å². The largest absolute Gasteiger partial charge is 0.508 e. The summed E-state index contributed by atoms with van der Waals surface area (Å²) in [5.74, 6) is 0.313. The molecule has 0 bridgehead atoms. The number of aromatic hydroxyl groups is 1. The predicted molar refractivity (Wildman–Crippen MR) is 78.7 cm³/mol. The summed E-state index contributed by atoms with van der Waals surface area (Å²) < 4.78 is 0. The van der Waals surface area contributed by atoms with Crippen LogP contribution in [0.5, 0.6) is 5.75 Å². The molecular weight excluding hydrogens is 242 g/mol. The van der Waals surface area contributed by atoms with E-state index in [1.165, 1.54) is 15.3 Å². The third-order valence-electron chi connectivity index (χ3n) is 3.13. The van der Waals surface area contributed by atoms with E-state index in [9.17, 15) is 5.11 Å². The number of rotatable bonds is 3. The van der Waals surface area contributed by atoms with Crippen molar-refractivity contribution in [3.05, 3.63) is 45.1 Å². The van der Waals surface area contributed by atoms with Gasteiger partial charge in [0.15, 0.2) is 0 Å². The fourth-order valence-corrected chi connectivity index (χ4v) is 3.22. The van der Waals surface area contributed by atoms with Crippen LogP contribution in [0, 0.1) is 20.8 Å². The van der Waals surface area contributed by atoms with Crippen molar-refractivity contribution in [1.82, 2.24) is 0 Å². The maximum atomic E-state index is 9.41. The molecule has 0 amide bonds. The first-order valence-corrected chi connectivity index (χ1v) is 6.92. The van der Waals surface area contributed by atoms with Crippen LogP contribution in [0.1, 0.15) is 33.8 Å². The van der Waals surface area contributed by atoms with Gasteiger partial charge in [-0.25, -0.2) is 0 Å². The van der Waals surface area contributed by atoms with Crippen molar-refractivity contribution in [1.29, 1.82) is 0 Å². The molecule has 0 fully saturated rings. The van der Waals surface area contributed by atoms with Crippen LogP contribution in [-0.2, 0) is 0 Å². The van der Waals surface area contributed by atoms with E-state index in [1.807, 2.05) is 24.3 Å². The highest BCUT2D eigenvalue weighted by Gasteiger charge is 2.12. The molecule has 0 aliphatic carbocycles. The van der Waals surface area contributed by atoms with Crippen LogP contribution in [0.25, 0.3) is 0 Å². The van der Waals surface area contributed by atoms with Gasteiger partial charge in [-0.2, -0.15) is 0 Å². The minimum absolute atomic E-state index is 0.276. The van der Waals surface area contributed by atoms with Crippen molar-refractivity contribution in [3.8, 4) is 5.75 Å². The molecule has 2 aromatic rings. The van der Waals surface area contributed by atoms with Crippen LogP contribution in [0.4, 0.5) is 5.69 Å². The second-order valence-corrected chi connectivity index (χ2v) is 6.19. The van der Waals surface area contributed by atoms with Crippen molar-refractivity contribution in [2.75, 3.05) is 5.32 Å². The molecule has 0 saturated carbocycles. The molecule has 18 heavy (non-hydrogen) atoms. The van der Waals surface area contributed by atoms with Gasteiger partial charge in [0.05, 0.1) is 0 Å². The zero-order chi connectivity index (χ0) is 13.3. The second-order valence-electron chi connectivity index (χ2n) is 4.73. The minimum Gasteiger partial charge on any atom is -0.508 e. The molecule has 1 aromatic carbocycles. The van der Waals surface area contributed by atoms with Crippen LogP contribution in [-0.4, -0.2) is 5.11 Å². The van der Waals surface area contributed by atoms with Gasteiger partial charge in [0.25, 0.3) is 0 Å². The number of thiophene rings is 1. The van der Waals surface area contributed by atoms with Crippen molar-refractivity contribution < 1.29 is 5.11 Å². The summed E-state index contributed by atoms with van der Waals surface area (Å²) in [6, 6.07) is 7.94. The maximum Gasteiger partial charge on any atom is 0.115 e. The number of phenols is 1. The molecule has 0 aliphatic rings. The number of phenolic OH excluding ortho intramolecular Hbond substituents is 1. The number of benzene rings is 1. The predicted octanol–water partition coefficient (Wildman–Crippen LogP) is 4.55. The standard InChI is InChI=1S/C15H19NOS/c1-9-7-13(17)5-6-15(9)16-11(3)14-8-10(2)18-12(14)4/h5-8,11,16-17H,1-4H3. The Morgan fingerprint density at radius 3 is 2.44 bits per heavy atom. The minimum atomic E-state index is 0.276. The molecular formula is C15H19NOS. The molecule has 2 nitrogen and oxygen atoms in total. The van der Waals surface area contributed by atoms with Crippen molar-refractivity contribution >= 4 is 17.0 Å². The molecule has 2 rings (SSSR count). The summed E-state index contributed by atoms with van der Waals surface area (Å²) in [7, 11) is 0. The first kappa shape index (κ1) is 13.0. The summed E-state index contributed by atoms with van der Waals surface area (Å²) in [6.45, 7) is 8.47. The first-order chi connectivity index (χ1) is 8.47. The fraction of sp³-hybridized carbons (Fsp3) is 0.333.